The van der Waals surface area contributed by atoms with Gasteiger partial charge in [-0.05, 0) is 31.1 Å². The van der Waals surface area contributed by atoms with Crippen molar-refractivity contribution in [3.8, 4) is 0 Å². The molecule has 0 heterocycles. The van der Waals surface area contributed by atoms with Gasteiger partial charge in [0, 0.05) is 6.54 Å². The van der Waals surface area contributed by atoms with Crippen LogP contribution in [0.25, 0.3) is 0 Å². The highest BCUT2D eigenvalue weighted by Crippen LogP contribution is 2.36. The summed E-state index contributed by atoms with van der Waals surface area (Å²) >= 11 is 5.27. The highest BCUT2D eigenvalue weighted by atomic mass is 32.1. The van der Waals surface area contributed by atoms with Gasteiger partial charge in [0.1, 0.15) is 0 Å². The van der Waals surface area contributed by atoms with Crippen molar-refractivity contribution < 1.29 is 4.79 Å². The molecule has 0 aliphatic heterocycles. The van der Waals surface area contributed by atoms with Gasteiger partial charge in [-0.3, -0.25) is 4.79 Å². The summed E-state index contributed by atoms with van der Waals surface area (Å²) in [6.45, 7) is 3.11. The maximum atomic E-state index is 12.8. The van der Waals surface area contributed by atoms with Gasteiger partial charge in [-0.1, -0.05) is 64.1 Å². The minimum absolute atomic E-state index is 0.0923. The van der Waals surface area contributed by atoms with Crippen LogP contribution >= 0.6 is 12.2 Å². The fraction of sp³-hybridized carbons (Fsp3) is 0.882. The molecule has 2 atom stereocenters. The maximum absolute atomic E-state index is 12.8. The Kier molecular flexibility index (Phi) is 6.03. The number of carbonyl (C=O) groups excluding carboxylic acids is 1. The van der Waals surface area contributed by atoms with Crippen LogP contribution in [0.1, 0.15) is 71.1 Å². The second-order valence-corrected chi connectivity index (χ2v) is 7.53. The molecule has 2 saturated carbocycles. The molecule has 0 radical (unpaired) electrons. The first kappa shape index (κ1) is 16.7. The van der Waals surface area contributed by atoms with E-state index in [1.54, 1.807) is 0 Å². The SMILES string of the molecule is CC1CCCCC1CNC(=O)C1(C(N)=S)CCCCCC1. The summed E-state index contributed by atoms with van der Waals surface area (Å²) in [4.78, 5) is 13.2. The monoisotopic (exact) mass is 310 g/mol. The summed E-state index contributed by atoms with van der Waals surface area (Å²) in [5.74, 6) is 1.43. The van der Waals surface area contributed by atoms with Crippen molar-refractivity contribution in [1.82, 2.24) is 5.32 Å². The Morgan fingerprint density at radius 1 is 1.14 bits per heavy atom. The van der Waals surface area contributed by atoms with Crippen molar-refractivity contribution in [3.63, 3.8) is 0 Å². The second kappa shape index (κ2) is 7.57. The van der Waals surface area contributed by atoms with E-state index in [1.807, 2.05) is 0 Å². The third-order valence-electron chi connectivity index (χ3n) is 5.68. The third kappa shape index (κ3) is 3.97. The highest BCUT2D eigenvalue weighted by molar-refractivity contribution is 7.80. The molecule has 3 nitrogen and oxygen atoms in total. The first-order valence-corrected chi connectivity index (χ1v) is 9.05. The largest absolute Gasteiger partial charge is 0.392 e. The Hall–Kier alpha value is -0.640. The van der Waals surface area contributed by atoms with Gasteiger partial charge >= 0.3 is 0 Å². The lowest BCUT2D eigenvalue weighted by molar-refractivity contribution is -0.128. The lowest BCUT2D eigenvalue weighted by Crippen LogP contribution is -2.50. The smallest absolute Gasteiger partial charge is 0.233 e. The molecule has 4 heteroatoms. The van der Waals surface area contributed by atoms with E-state index in [1.165, 1.54) is 38.5 Å². The standard InChI is InChI=1S/C17H30N2OS/c1-13-8-4-5-9-14(13)12-19-16(20)17(15(18)21)10-6-2-3-7-11-17/h13-14H,2-12H2,1H3,(H2,18,21)(H,19,20). The van der Waals surface area contributed by atoms with Crippen molar-refractivity contribution in [1.29, 1.82) is 0 Å². The minimum atomic E-state index is -0.580. The van der Waals surface area contributed by atoms with Crippen LogP contribution in [0.4, 0.5) is 0 Å². The summed E-state index contributed by atoms with van der Waals surface area (Å²) in [6, 6.07) is 0. The summed E-state index contributed by atoms with van der Waals surface area (Å²) in [5.41, 5.74) is 5.40. The van der Waals surface area contributed by atoms with Crippen molar-refractivity contribution in [2.45, 2.75) is 71.1 Å². The molecule has 2 aliphatic rings. The number of rotatable bonds is 4. The molecule has 0 spiro atoms. The topological polar surface area (TPSA) is 55.1 Å². The molecule has 0 aromatic heterocycles. The molecule has 0 saturated heterocycles. The molecule has 2 fully saturated rings. The third-order valence-corrected chi connectivity index (χ3v) is 6.07. The van der Waals surface area contributed by atoms with E-state index in [4.69, 9.17) is 18.0 Å². The van der Waals surface area contributed by atoms with Gasteiger partial charge in [-0.15, -0.1) is 0 Å². The normalized spacial score (nSPS) is 29.4. The molecule has 21 heavy (non-hydrogen) atoms. The zero-order valence-corrected chi connectivity index (χ0v) is 14.1. The molecule has 2 unspecified atom stereocenters. The highest BCUT2D eigenvalue weighted by Gasteiger charge is 2.41. The van der Waals surface area contributed by atoms with Gasteiger partial charge in [0.05, 0.1) is 10.4 Å². The summed E-state index contributed by atoms with van der Waals surface area (Å²) in [5, 5.41) is 3.20. The van der Waals surface area contributed by atoms with Crippen LogP contribution in [-0.4, -0.2) is 17.4 Å². The molecule has 1 amide bonds. The number of hydrogen-bond donors (Lipinski definition) is 2. The van der Waals surface area contributed by atoms with Gasteiger partial charge in [-0.25, -0.2) is 0 Å². The zero-order valence-electron chi connectivity index (χ0n) is 13.3. The Balaban J connectivity index is 1.96. The van der Waals surface area contributed by atoms with E-state index in [2.05, 4.69) is 12.2 Å². The minimum Gasteiger partial charge on any atom is -0.392 e. The molecular formula is C17H30N2OS. The second-order valence-electron chi connectivity index (χ2n) is 7.09. The van der Waals surface area contributed by atoms with Crippen LogP contribution in [0.5, 0.6) is 0 Å². The number of nitrogens with two attached hydrogens (primary N) is 1. The molecule has 0 aromatic rings. The number of hydrogen-bond acceptors (Lipinski definition) is 2. The van der Waals surface area contributed by atoms with Crippen molar-refractivity contribution in [2.75, 3.05) is 6.54 Å². The first-order valence-electron chi connectivity index (χ1n) is 8.64. The Morgan fingerprint density at radius 3 is 2.33 bits per heavy atom. The fourth-order valence-corrected chi connectivity index (χ4v) is 4.30. The van der Waals surface area contributed by atoms with Gasteiger partial charge in [0.15, 0.2) is 0 Å². The molecule has 0 bridgehead atoms. The molecule has 3 N–H and O–H groups in total. The van der Waals surface area contributed by atoms with Crippen molar-refractivity contribution in [3.05, 3.63) is 0 Å². The lowest BCUT2D eigenvalue weighted by Gasteiger charge is -2.33. The average Bonchev–Trinajstić information content (AvgIpc) is 2.73. The van der Waals surface area contributed by atoms with Crippen LogP contribution in [-0.2, 0) is 4.79 Å². The van der Waals surface area contributed by atoms with Gasteiger partial charge < -0.3 is 11.1 Å². The van der Waals surface area contributed by atoms with E-state index in [-0.39, 0.29) is 5.91 Å². The van der Waals surface area contributed by atoms with Crippen LogP contribution in [0.2, 0.25) is 0 Å². The van der Waals surface area contributed by atoms with E-state index in [0.29, 0.717) is 16.8 Å². The number of amides is 1. The first-order chi connectivity index (χ1) is 10.1. The van der Waals surface area contributed by atoms with Gasteiger partial charge in [0.2, 0.25) is 5.91 Å². The van der Waals surface area contributed by atoms with Gasteiger partial charge in [-0.2, -0.15) is 0 Å². The number of carbonyl (C=O) groups is 1. The van der Waals surface area contributed by atoms with E-state index in [0.717, 1.165) is 32.2 Å². The fourth-order valence-electron chi connectivity index (χ4n) is 4.01. The molecule has 2 aliphatic carbocycles. The Morgan fingerprint density at radius 2 is 1.76 bits per heavy atom. The molecule has 120 valence electrons. The van der Waals surface area contributed by atoms with Crippen LogP contribution in [0.15, 0.2) is 0 Å². The number of thiocarbonyl (C=S) groups is 1. The predicted octanol–water partition coefficient (Wildman–Crippen LogP) is 3.56. The van der Waals surface area contributed by atoms with Crippen LogP contribution in [0.3, 0.4) is 0 Å². The molecule has 2 rings (SSSR count). The number of nitrogens with one attached hydrogen (secondary N) is 1. The van der Waals surface area contributed by atoms with Crippen molar-refractivity contribution >= 4 is 23.1 Å². The lowest BCUT2D eigenvalue weighted by atomic mass is 9.78. The molecule has 0 aromatic carbocycles. The van der Waals surface area contributed by atoms with Crippen LogP contribution in [0, 0.1) is 17.3 Å². The quantitative estimate of drug-likeness (QED) is 0.616. The van der Waals surface area contributed by atoms with Crippen LogP contribution < -0.4 is 11.1 Å². The summed E-state index contributed by atoms with van der Waals surface area (Å²) in [6.07, 6.45) is 11.3. The van der Waals surface area contributed by atoms with E-state index < -0.39 is 5.41 Å². The zero-order chi connectivity index (χ0) is 15.3. The summed E-state index contributed by atoms with van der Waals surface area (Å²) in [7, 11) is 0. The maximum Gasteiger partial charge on any atom is 0.233 e. The average molecular weight is 311 g/mol. The molecular weight excluding hydrogens is 280 g/mol. The van der Waals surface area contributed by atoms with E-state index >= 15 is 0 Å². The van der Waals surface area contributed by atoms with Crippen molar-refractivity contribution in [2.24, 2.45) is 23.0 Å². The van der Waals surface area contributed by atoms with Gasteiger partial charge in [0.25, 0.3) is 0 Å². The Bertz CT molecular complexity index is 375. The summed E-state index contributed by atoms with van der Waals surface area (Å²) < 4.78 is 0. The van der Waals surface area contributed by atoms with E-state index in [9.17, 15) is 4.79 Å². The predicted molar refractivity (Wildman–Crippen MR) is 91.1 cm³/mol. The Labute approximate surface area is 134 Å².